The first-order valence-electron chi connectivity index (χ1n) is 6.77. The molecule has 2 aromatic heterocycles. The fourth-order valence-electron chi connectivity index (χ4n) is 2.46. The molecule has 0 radical (unpaired) electrons. The van der Waals surface area contributed by atoms with Crippen LogP contribution in [-0.4, -0.2) is 14.4 Å². The number of imidazole rings is 1. The topological polar surface area (TPSA) is 42.2 Å². The van der Waals surface area contributed by atoms with E-state index >= 15 is 0 Å². The molecule has 0 fully saturated rings. The third kappa shape index (κ3) is 2.27. The molecule has 0 unspecified atom stereocenters. The molecule has 0 amide bonds. The molecule has 7 heteroatoms. The van der Waals surface area contributed by atoms with Crippen LogP contribution in [0.1, 0.15) is 0 Å². The number of nitrogens with zero attached hydrogens (tertiary/aromatic N) is 3. The Labute approximate surface area is 134 Å². The van der Waals surface area contributed by atoms with Crippen molar-refractivity contribution in [2.75, 3.05) is 5.32 Å². The average molecular weight is 331 g/mol. The highest BCUT2D eigenvalue weighted by Crippen LogP contribution is 2.28. The van der Waals surface area contributed by atoms with Crippen molar-refractivity contribution >= 4 is 39.8 Å². The normalized spacial score (nSPS) is 11.3. The van der Waals surface area contributed by atoms with Gasteiger partial charge in [0, 0.05) is 24.1 Å². The zero-order valence-corrected chi connectivity index (χ0v) is 12.4. The van der Waals surface area contributed by atoms with Gasteiger partial charge in [0.05, 0.1) is 16.1 Å². The Morgan fingerprint density at radius 1 is 1.09 bits per heavy atom. The van der Waals surface area contributed by atoms with Crippen LogP contribution in [0.4, 0.5) is 20.3 Å². The highest BCUT2D eigenvalue weighted by Gasteiger charge is 2.12. The van der Waals surface area contributed by atoms with Crippen molar-refractivity contribution in [1.82, 2.24) is 14.4 Å². The molecule has 4 aromatic rings. The number of halogens is 3. The Bertz CT molecular complexity index is 1050. The SMILES string of the molecule is Fc1ccc(Nc2nc3cccc(Cl)c3n3ccnc23)cc1F. The van der Waals surface area contributed by atoms with Gasteiger partial charge >= 0.3 is 0 Å². The molecule has 1 N–H and O–H groups in total. The van der Waals surface area contributed by atoms with Gasteiger partial charge in [-0.1, -0.05) is 17.7 Å². The molecule has 0 saturated carbocycles. The molecular weight excluding hydrogens is 322 g/mol. The molecule has 0 bridgehead atoms. The minimum Gasteiger partial charge on any atom is -0.337 e. The van der Waals surface area contributed by atoms with Gasteiger partial charge in [-0.2, -0.15) is 0 Å². The molecule has 0 aliphatic heterocycles. The van der Waals surface area contributed by atoms with Crippen molar-refractivity contribution in [1.29, 1.82) is 0 Å². The second-order valence-corrected chi connectivity index (χ2v) is 5.35. The minimum absolute atomic E-state index is 0.377. The lowest BCUT2D eigenvalue weighted by Gasteiger charge is -2.10. The molecule has 2 aromatic carbocycles. The number of para-hydroxylation sites is 1. The summed E-state index contributed by atoms with van der Waals surface area (Å²) in [6.45, 7) is 0. The minimum atomic E-state index is -0.932. The Morgan fingerprint density at radius 3 is 2.78 bits per heavy atom. The van der Waals surface area contributed by atoms with Gasteiger partial charge in [-0.05, 0) is 24.3 Å². The van der Waals surface area contributed by atoms with E-state index in [0.29, 0.717) is 27.7 Å². The summed E-state index contributed by atoms with van der Waals surface area (Å²) in [5.41, 5.74) is 2.31. The van der Waals surface area contributed by atoms with E-state index in [1.54, 1.807) is 28.9 Å². The second kappa shape index (κ2) is 5.17. The summed E-state index contributed by atoms with van der Waals surface area (Å²) in [7, 11) is 0. The van der Waals surface area contributed by atoms with Crippen LogP contribution in [0.5, 0.6) is 0 Å². The van der Waals surface area contributed by atoms with E-state index in [-0.39, 0.29) is 0 Å². The van der Waals surface area contributed by atoms with Gasteiger partial charge < -0.3 is 5.32 Å². The first kappa shape index (κ1) is 13.9. The van der Waals surface area contributed by atoms with Crippen LogP contribution < -0.4 is 5.32 Å². The first-order valence-corrected chi connectivity index (χ1v) is 7.14. The molecule has 0 saturated heterocycles. The Morgan fingerprint density at radius 2 is 1.96 bits per heavy atom. The number of aromatic nitrogens is 3. The maximum absolute atomic E-state index is 13.4. The van der Waals surface area contributed by atoms with Crippen molar-refractivity contribution in [2.45, 2.75) is 0 Å². The van der Waals surface area contributed by atoms with Gasteiger partial charge in [0.15, 0.2) is 23.1 Å². The van der Waals surface area contributed by atoms with Crippen molar-refractivity contribution < 1.29 is 8.78 Å². The van der Waals surface area contributed by atoms with Gasteiger partial charge in [0.2, 0.25) is 0 Å². The molecule has 4 nitrogen and oxygen atoms in total. The van der Waals surface area contributed by atoms with Gasteiger partial charge in [0.25, 0.3) is 0 Å². The van der Waals surface area contributed by atoms with Gasteiger partial charge in [-0.3, -0.25) is 4.40 Å². The van der Waals surface area contributed by atoms with Gasteiger partial charge in [-0.15, -0.1) is 0 Å². The van der Waals surface area contributed by atoms with Crippen LogP contribution >= 0.6 is 11.6 Å². The standard InChI is InChI=1S/C16H9ClF2N4/c17-10-2-1-3-13-14(10)23-7-6-20-16(23)15(22-13)21-9-4-5-11(18)12(19)8-9/h1-8H,(H,21,22). The summed E-state index contributed by atoms with van der Waals surface area (Å²) < 4.78 is 28.2. The Hall–Kier alpha value is -2.73. The smallest absolute Gasteiger partial charge is 0.180 e. The highest BCUT2D eigenvalue weighted by atomic mass is 35.5. The fourth-order valence-corrected chi connectivity index (χ4v) is 2.72. The summed E-state index contributed by atoms with van der Waals surface area (Å²) >= 11 is 6.24. The molecule has 0 atom stereocenters. The fraction of sp³-hybridized carbons (Fsp3) is 0. The predicted molar refractivity (Wildman–Crippen MR) is 85.1 cm³/mol. The second-order valence-electron chi connectivity index (χ2n) is 4.94. The van der Waals surface area contributed by atoms with E-state index in [4.69, 9.17) is 11.6 Å². The molecule has 23 heavy (non-hydrogen) atoms. The molecular formula is C16H9ClF2N4. The number of anilines is 2. The summed E-state index contributed by atoms with van der Waals surface area (Å²) in [6.07, 6.45) is 3.39. The van der Waals surface area contributed by atoms with E-state index in [2.05, 4.69) is 15.3 Å². The summed E-state index contributed by atoms with van der Waals surface area (Å²) in [4.78, 5) is 8.75. The van der Waals surface area contributed by atoms with E-state index < -0.39 is 11.6 Å². The lowest BCUT2D eigenvalue weighted by Crippen LogP contribution is -2.01. The van der Waals surface area contributed by atoms with Crippen molar-refractivity contribution in [3.63, 3.8) is 0 Å². The van der Waals surface area contributed by atoms with Crippen molar-refractivity contribution in [3.8, 4) is 0 Å². The summed E-state index contributed by atoms with van der Waals surface area (Å²) in [5, 5.41) is 3.52. The third-order valence-electron chi connectivity index (χ3n) is 3.47. The Balaban J connectivity index is 1.92. The average Bonchev–Trinajstić information content (AvgIpc) is 3.01. The Kier molecular flexibility index (Phi) is 3.12. The van der Waals surface area contributed by atoms with Crippen LogP contribution in [0.3, 0.4) is 0 Å². The van der Waals surface area contributed by atoms with Crippen LogP contribution in [0.2, 0.25) is 5.02 Å². The van der Waals surface area contributed by atoms with Crippen LogP contribution in [0, 0.1) is 11.6 Å². The molecule has 0 aliphatic rings. The molecule has 4 rings (SSSR count). The molecule has 0 spiro atoms. The van der Waals surface area contributed by atoms with Gasteiger partial charge in [-0.25, -0.2) is 18.7 Å². The number of benzene rings is 2. The van der Waals surface area contributed by atoms with Crippen molar-refractivity contribution in [2.24, 2.45) is 0 Å². The van der Waals surface area contributed by atoms with E-state index in [1.807, 2.05) is 6.07 Å². The maximum atomic E-state index is 13.4. The van der Waals surface area contributed by atoms with Gasteiger partial charge in [0.1, 0.15) is 0 Å². The number of hydrogen-bond acceptors (Lipinski definition) is 3. The van der Waals surface area contributed by atoms with Crippen LogP contribution in [-0.2, 0) is 0 Å². The maximum Gasteiger partial charge on any atom is 0.180 e. The third-order valence-corrected chi connectivity index (χ3v) is 3.78. The van der Waals surface area contributed by atoms with E-state index in [1.165, 1.54) is 6.07 Å². The van der Waals surface area contributed by atoms with E-state index in [0.717, 1.165) is 17.6 Å². The molecule has 0 aliphatic carbocycles. The zero-order chi connectivity index (χ0) is 16.0. The number of nitrogens with one attached hydrogen (secondary N) is 1. The summed E-state index contributed by atoms with van der Waals surface area (Å²) in [6, 6.07) is 8.94. The first-order chi connectivity index (χ1) is 11.1. The quantitative estimate of drug-likeness (QED) is 0.586. The highest BCUT2D eigenvalue weighted by molar-refractivity contribution is 6.35. The largest absolute Gasteiger partial charge is 0.337 e. The predicted octanol–water partition coefficient (Wildman–Crippen LogP) is 4.56. The van der Waals surface area contributed by atoms with Crippen LogP contribution in [0.15, 0.2) is 48.8 Å². The van der Waals surface area contributed by atoms with E-state index in [9.17, 15) is 8.78 Å². The van der Waals surface area contributed by atoms with Crippen LogP contribution in [0.25, 0.3) is 16.7 Å². The molecule has 114 valence electrons. The lowest BCUT2D eigenvalue weighted by atomic mass is 10.3. The summed E-state index contributed by atoms with van der Waals surface area (Å²) in [5.74, 6) is -1.41. The lowest BCUT2D eigenvalue weighted by molar-refractivity contribution is 0.509. The molecule has 2 heterocycles. The number of fused-ring (bicyclic) bond motifs is 3. The monoisotopic (exact) mass is 330 g/mol. The number of hydrogen-bond donors (Lipinski definition) is 1. The zero-order valence-electron chi connectivity index (χ0n) is 11.6. The number of rotatable bonds is 2. The van der Waals surface area contributed by atoms with Crippen molar-refractivity contribution in [3.05, 3.63) is 65.4 Å².